The van der Waals surface area contributed by atoms with Crippen molar-refractivity contribution in [2.45, 2.75) is 77.3 Å². The number of pyridine rings is 1. The minimum Gasteiger partial charge on any atom is -0.462 e. The van der Waals surface area contributed by atoms with Crippen LogP contribution in [0.1, 0.15) is 74.5 Å². The van der Waals surface area contributed by atoms with E-state index in [0.717, 1.165) is 49.0 Å². The number of carbonyl (C=O) groups excluding carboxylic acids is 1. The zero-order chi connectivity index (χ0) is 22.2. The van der Waals surface area contributed by atoms with Gasteiger partial charge in [0.05, 0.1) is 12.2 Å². The van der Waals surface area contributed by atoms with Crippen LogP contribution in [0.15, 0.2) is 18.3 Å². The molecular weight excluding hydrogens is 400 g/mol. The van der Waals surface area contributed by atoms with E-state index in [1.165, 1.54) is 0 Å². The SMILES string of the molecule is CCOC(=O)c1c(C)n([C@H](C)C2CCC(CNC3CC(F)(F)C3)CC2)c2ncccc12. The fraction of sp³-hybridized carbons (Fsp3) is 0.667. The highest BCUT2D eigenvalue weighted by molar-refractivity contribution is 6.05. The number of hydrogen-bond donors (Lipinski definition) is 1. The summed E-state index contributed by atoms with van der Waals surface area (Å²) in [4.78, 5) is 17.2. The van der Waals surface area contributed by atoms with Crippen molar-refractivity contribution < 1.29 is 18.3 Å². The van der Waals surface area contributed by atoms with E-state index < -0.39 is 5.92 Å². The van der Waals surface area contributed by atoms with Gasteiger partial charge in [0, 0.05) is 42.2 Å². The van der Waals surface area contributed by atoms with Crippen molar-refractivity contribution >= 4 is 17.0 Å². The third kappa shape index (κ3) is 4.47. The second kappa shape index (κ2) is 8.85. The number of ether oxygens (including phenoxy) is 1. The average Bonchev–Trinajstić information content (AvgIpc) is 3.02. The molecule has 2 aliphatic rings. The zero-order valence-electron chi connectivity index (χ0n) is 18.7. The Kier molecular flexibility index (Phi) is 6.33. The lowest BCUT2D eigenvalue weighted by molar-refractivity contribution is -0.0934. The van der Waals surface area contributed by atoms with Gasteiger partial charge in [0.1, 0.15) is 5.65 Å². The number of rotatable bonds is 7. The van der Waals surface area contributed by atoms with Crippen molar-refractivity contribution in [3.63, 3.8) is 0 Å². The maximum atomic E-state index is 13.0. The maximum absolute atomic E-state index is 13.0. The summed E-state index contributed by atoms with van der Waals surface area (Å²) in [6.07, 6.45) is 6.11. The van der Waals surface area contributed by atoms with Crippen molar-refractivity contribution in [2.24, 2.45) is 11.8 Å². The summed E-state index contributed by atoms with van der Waals surface area (Å²) >= 11 is 0. The lowest BCUT2D eigenvalue weighted by atomic mass is 9.78. The highest BCUT2D eigenvalue weighted by atomic mass is 19.3. The Hall–Kier alpha value is -2.02. The van der Waals surface area contributed by atoms with Crippen molar-refractivity contribution in [2.75, 3.05) is 13.2 Å². The van der Waals surface area contributed by atoms with Gasteiger partial charge in [0.2, 0.25) is 0 Å². The fourth-order valence-corrected chi connectivity index (χ4v) is 5.44. The predicted octanol–water partition coefficient (Wildman–Crippen LogP) is 5.28. The average molecular weight is 434 g/mol. The van der Waals surface area contributed by atoms with Crippen LogP contribution in [-0.2, 0) is 4.74 Å². The minimum atomic E-state index is -2.46. The van der Waals surface area contributed by atoms with Crippen LogP contribution in [0.4, 0.5) is 8.78 Å². The molecule has 0 saturated heterocycles. The number of fused-ring (bicyclic) bond motifs is 1. The monoisotopic (exact) mass is 433 g/mol. The van der Waals surface area contributed by atoms with Crippen LogP contribution >= 0.6 is 0 Å². The molecule has 0 aliphatic heterocycles. The van der Waals surface area contributed by atoms with Crippen LogP contribution in [0.5, 0.6) is 0 Å². The number of esters is 1. The molecule has 170 valence electrons. The molecule has 1 N–H and O–H groups in total. The first kappa shape index (κ1) is 22.2. The minimum absolute atomic E-state index is 0.0187. The van der Waals surface area contributed by atoms with Crippen LogP contribution in [0.2, 0.25) is 0 Å². The van der Waals surface area contributed by atoms with E-state index in [1.54, 1.807) is 6.20 Å². The van der Waals surface area contributed by atoms with Crippen molar-refractivity contribution in [3.05, 3.63) is 29.6 Å². The normalized spacial score (nSPS) is 24.7. The second-order valence-corrected chi connectivity index (χ2v) is 9.32. The van der Waals surface area contributed by atoms with Crippen molar-refractivity contribution in [1.82, 2.24) is 14.9 Å². The maximum Gasteiger partial charge on any atom is 0.340 e. The molecule has 2 saturated carbocycles. The number of halogens is 2. The Labute approximate surface area is 182 Å². The molecule has 0 aromatic carbocycles. The molecular formula is C24H33F2N3O2. The molecule has 2 aromatic heterocycles. The molecule has 0 spiro atoms. The molecule has 1 atom stereocenters. The van der Waals surface area contributed by atoms with Gasteiger partial charge < -0.3 is 14.6 Å². The lowest BCUT2D eigenvalue weighted by Gasteiger charge is -2.38. The van der Waals surface area contributed by atoms with Gasteiger partial charge in [0.25, 0.3) is 5.92 Å². The van der Waals surface area contributed by atoms with Crippen molar-refractivity contribution in [3.8, 4) is 0 Å². The van der Waals surface area contributed by atoms with Gasteiger partial charge in [0.15, 0.2) is 0 Å². The lowest BCUT2D eigenvalue weighted by Crippen LogP contribution is -2.49. The number of nitrogens with zero attached hydrogens (tertiary/aromatic N) is 2. The molecule has 4 rings (SSSR count). The van der Waals surface area contributed by atoms with E-state index in [-0.39, 0.29) is 30.9 Å². The quantitative estimate of drug-likeness (QED) is 0.604. The second-order valence-electron chi connectivity index (χ2n) is 9.32. The molecule has 31 heavy (non-hydrogen) atoms. The van der Waals surface area contributed by atoms with Crippen molar-refractivity contribution in [1.29, 1.82) is 0 Å². The molecule has 0 unspecified atom stereocenters. The number of aromatic nitrogens is 2. The standard InChI is InChI=1S/C24H33F2N3O2/c1-4-31-23(30)21-16(3)29(22-20(21)6-5-11-27-22)15(2)18-9-7-17(8-10-18)14-28-19-12-24(25,26)13-19/h5-6,11,15,17-19,28H,4,7-10,12-14H2,1-3H3/t15-,17?,18?/m1/s1. The Morgan fingerprint density at radius 3 is 2.68 bits per heavy atom. The van der Waals surface area contributed by atoms with Crippen LogP contribution in [-0.4, -0.2) is 40.6 Å². The largest absolute Gasteiger partial charge is 0.462 e. The molecule has 0 amide bonds. The van der Waals surface area contributed by atoms with Gasteiger partial charge >= 0.3 is 5.97 Å². The predicted molar refractivity (Wildman–Crippen MR) is 117 cm³/mol. The van der Waals surface area contributed by atoms with E-state index in [0.29, 0.717) is 24.0 Å². The molecule has 0 radical (unpaired) electrons. The molecule has 5 nitrogen and oxygen atoms in total. The first-order valence-electron chi connectivity index (χ1n) is 11.5. The third-order valence-electron chi connectivity index (χ3n) is 7.25. The summed E-state index contributed by atoms with van der Waals surface area (Å²) in [6, 6.07) is 4.00. The van der Waals surface area contributed by atoms with E-state index in [2.05, 4.69) is 21.8 Å². The summed E-state index contributed by atoms with van der Waals surface area (Å²) in [5, 5.41) is 4.18. The number of hydrogen-bond acceptors (Lipinski definition) is 4. The van der Waals surface area contributed by atoms with E-state index >= 15 is 0 Å². The highest BCUT2D eigenvalue weighted by Crippen LogP contribution is 2.40. The van der Waals surface area contributed by atoms with Crippen LogP contribution in [0.25, 0.3) is 11.0 Å². The summed E-state index contributed by atoms with van der Waals surface area (Å²) in [7, 11) is 0. The van der Waals surface area contributed by atoms with E-state index in [4.69, 9.17) is 4.74 Å². The Balaban J connectivity index is 1.43. The van der Waals surface area contributed by atoms with E-state index in [1.807, 2.05) is 26.0 Å². The number of alkyl halides is 2. The summed E-state index contributed by atoms with van der Waals surface area (Å²) in [5.41, 5.74) is 2.37. The Bertz CT molecular complexity index is 926. The van der Waals surface area contributed by atoms with Gasteiger partial charge in [-0.3, -0.25) is 0 Å². The summed E-state index contributed by atoms with van der Waals surface area (Å²) in [6.45, 7) is 7.19. The Morgan fingerprint density at radius 2 is 2.03 bits per heavy atom. The van der Waals surface area contributed by atoms with Gasteiger partial charge in [-0.25, -0.2) is 18.6 Å². The first-order chi connectivity index (χ1) is 14.8. The van der Waals surface area contributed by atoms with Crippen LogP contribution in [0.3, 0.4) is 0 Å². The van der Waals surface area contributed by atoms with Gasteiger partial charge in [-0.05, 0) is 77.0 Å². The van der Waals surface area contributed by atoms with Gasteiger partial charge in [-0.1, -0.05) is 0 Å². The zero-order valence-corrected chi connectivity index (χ0v) is 18.7. The summed E-state index contributed by atoms with van der Waals surface area (Å²) < 4.78 is 33.6. The highest BCUT2D eigenvalue weighted by Gasteiger charge is 2.45. The Morgan fingerprint density at radius 1 is 1.32 bits per heavy atom. The fourth-order valence-electron chi connectivity index (χ4n) is 5.44. The topological polar surface area (TPSA) is 56.1 Å². The number of carbonyl (C=O) groups is 1. The first-order valence-corrected chi connectivity index (χ1v) is 11.5. The molecule has 7 heteroatoms. The smallest absolute Gasteiger partial charge is 0.340 e. The third-order valence-corrected chi connectivity index (χ3v) is 7.25. The molecule has 2 fully saturated rings. The molecule has 2 heterocycles. The number of nitrogens with one attached hydrogen (secondary N) is 1. The van der Waals surface area contributed by atoms with Crippen LogP contribution < -0.4 is 5.32 Å². The molecule has 0 bridgehead atoms. The molecule has 2 aliphatic carbocycles. The molecule has 2 aromatic rings. The van der Waals surface area contributed by atoms with E-state index in [9.17, 15) is 13.6 Å². The van der Waals surface area contributed by atoms with Crippen LogP contribution in [0, 0.1) is 18.8 Å². The van der Waals surface area contributed by atoms with Gasteiger partial charge in [-0.2, -0.15) is 0 Å². The van der Waals surface area contributed by atoms with Gasteiger partial charge in [-0.15, -0.1) is 0 Å². The summed E-state index contributed by atoms with van der Waals surface area (Å²) in [5.74, 6) is -1.71.